The highest BCUT2D eigenvalue weighted by atomic mass is 16.6. The summed E-state index contributed by atoms with van der Waals surface area (Å²) in [6.07, 6.45) is 12.5. The Balaban J connectivity index is 1.54. The molecule has 0 aliphatic heterocycles. The summed E-state index contributed by atoms with van der Waals surface area (Å²) in [5.41, 5.74) is -0.640. The maximum absolute atomic E-state index is 13.7. The van der Waals surface area contributed by atoms with E-state index in [1.807, 2.05) is 0 Å². The van der Waals surface area contributed by atoms with Gasteiger partial charge in [-0.25, -0.2) is 19.2 Å². The molecule has 0 spiro atoms. The van der Waals surface area contributed by atoms with Crippen LogP contribution in [0.1, 0.15) is 144 Å². The van der Waals surface area contributed by atoms with Crippen molar-refractivity contribution in [3.05, 3.63) is 34.4 Å². The first kappa shape index (κ1) is 26.7. The molecule has 0 unspecified atom stereocenters. The van der Waals surface area contributed by atoms with E-state index in [1.165, 1.54) is 12.1 Å². The summed E-state index contributed by atoms with van der Waals surface area (Å²) < 4.78 is 23.0. The van der Waals surface area contributed by atoms with E-state index < -0.39 is 23.9 Å². The Kier molecular flexibility index (Phi) is 8.65. The lowest BCUT2D eigenvalue weighted by atomic mass is 9.95. The molecule has 0 heterocycles. The average molecular weight is 527 g/mol. The van der Waals surface area contributed by atoms with E-state index in [0.717, 1.165) is 103 Å². The second-order valence-corrected chi connectivity index (χ2v) is 11.2. The monoisotopic (exact) mass is 526 g/mol. The normalized spacial score (nSPS) is 21.1. The van der Waals surface area contributed by atoms with E-state index in [-0.39, 0.29) is 46.7 Å². The zero-order valence-electron chi connectivity index (χ0n) is 22.0. The molecule has 4 saturated carbocycles. The van der Waals surface area contributed by atoms with Crippen LogP contribution in [-0.4, -0.2) is 48.3 Å². The van der Waals surface area contributed by atoms with Crippen LogP contribution in [0.15, 0.2) is 12.1 Å². The predicted molar refractivity (Wildman–Crippen MR) is 137 cm³/mol. The molecule has 4 aliphatic rings. The summed E-state index contributed by atoms with van der Waals surface area (Å²) in [5.74, 6) is -2.99. The molecule has 0 atom stereocenters. The number of hydrogen-bond acceptors (Lipinski definition) is 8. The van der Waals surface area contributed by atoms with Crippen molar-refractivity contribution in [1.82, 2.24) is 0 Å². The summed E-state index contributed by atoms with van der Waals surface area (Å²) in [4.78, 5) is 54.0. The molecule has 0 aromatic heterocycles. The lowest BCUT2D eigenvalue weighted by molar-refractivity contribution is 0.0233. The van der Waals surface area contributed by atoms with Gasteiger partial charge in [0.05, 0.1) is 22.3 Å². The minimum Gasteiger partial charge on any atom is -0.459 e. The van der Waals surface area contributed by atoms with Gasteiger partial charge in [-0.1, -0.05) is 0 Å². The summed E-state index contributed by atoms with van der Waals surface area (Å²) >= 11 is 0. The average Bonchev–Trinajstić information content (AvgIpc) is 3.72. The number of benzene rings is 1. The Labute approximate surface area is 223 Å². The summed E-state index contributed by atoms with van der Waals surface area (Å²) in [5, 5.41) is 0. The van der Waals surface area contributed by atoms with Gasteiger partial charge in [-0.3, -0.25) is 0 Å². The van der Waals surface area contributed by atoms with Crippen LogP contribution in [-0.2, 0) is 18.9 Å². The molecule has 1 aromatic carbocycles. The quantitative estimate of drug-likeness (QED) is 0.296. The van der Waals surface area contributed by atoms with Gasteiger partial charge in [0.15, 0.2) is 0 Å². The molecule has 1 aromatic rings. The zero-order valence-corrected chi connectivity index (χ0v) is 22.0. The number of carbonyl (C=O) groups is 4. The third kappa shape index (κ3) is 6.21. The smallest absolute Gasteiger partial charge is 0.340 e. The zero-order chi connectivity index (χ0) is 26.5. The van der Waals surface area contributed by atoms with Crippen LogP contribution in [0, 0.1) is 0 Å². The molecule has 0 bridgehead atoms. The molecule has 0 saturated heterocycles. The maximum atomic E-state index is 13.7. The Morgan fingerprint density at radius 3 is 0.921 bits per heavy atom. The van der Waals surface area contributed by atoms with E-state index in [0.29, 0.717) is 0 Å². The number of esters is 4. The van der Waals surface area contributed by atoms with E-state index in [4.69, 9.17) is 18.9 Å². The van der Waals surface area contributed by atoms with E-state index in [9.17, 15) is 19.2 Å². The second-order valence-electron chi connectivity index (χ2n) is 11.2. The van der Waals surface area contributed by atoms with Gasteiger partial charge in [-0.15, -0.1) is 0 Å². The van der Waals surface area contributed by atoms with Crippen molar-refractivity contribution >= 4 is 23.9 Å². The molecule has 0 amide bonds. The maximum Gasteiger partial charge on any atom is 0.340 e. The SMILES string of the molecule is O=C(OC1CCCC1)c1ccc(C(=O)OC2CCCC2)c(C(=O)OC2CCCC2)c1C(=O)OC1CCCC1. The van der Waals surface area contributed by atoms with E-state index >= 15 is 0 Å². The molecule has 4 fully saturated rings. The third-order valence-electron chi connectivity index (χ3n) is 8.36. The second kappa shape index (κ2) is 12.3. The molecular weight excluding hydrogens is 488 g/mol. The van der Waals surface area contributed by atoms with Crippen molar-refractivity contribution in [3.63, 3.8) is 0 Å². The van der Waals surface area contributed by atoms with Gasteiger partial charge in [0.2, 0.25) is 0 Å². The highest BCUT2D eigenvalue weighted by Gasteiger charge is 2.36. The van der Waals surface area contributed by atoms with Gasteiger partial charge in [-0.05, 0) is 115 Å². The van der Waals surface area contributed by atoms with Gasteiger partial charge >= 0.3 is 23.9 Å². The molecule has 0 radical (unpaired) electrons. The molecule has 8 heteroatoms. The predicted octanol–water partition coefficient (Wildman–Crippen LogP) is 6.08. The van der Waals surface area contributed by atoms with Crippen molar-refractivity contribution in [2.24, 2.45) is 0 Å². The lowest BCUT2D eigenvalue weighted by Gasteiger charge is -2.21. The molecule has 38 heavy (non-hydrogen) atoms. The third-order valence-corrected chi connectivity index (χ3v) is 8.36. The Hall–Kier alpha value is -2.90. The van der Waals surface area contributed by atoms with Crippen molar-refractivity contribution in [2.45, 2.75) is 127 Å². The van der Waals surface area contributed by atoms with Crippen LogP contribution in [0.25, 0.3) is 0 Å². The number of ether oxygens (including phenoxy) is 4. The molecule has 8 nitrogen and oxygen atoms in total. The summed E-state index contributed by atoms with van der Waals surface area (Å²) in [7, 11) is 0. The van der Waals surface area contributed by atoms with Gasteiger partial charge in [0.25, 0.3) is 0 Å². The van der Waals surface area contributed by atoms with Crippen LogP contribution in [0.2, 0.25) is 0 Å². The minimum absolute atomic E-state index is 0.0734. The Morgan fingerprint density at radius 2 is 0.658 bits per heavy atom. The van der Waals surface area contributed by atoms with Crippen molar-refractivity contribution in [3.8, 4) is 0 Å². The summed E-state index contributed by atoms with van der Waals surface area (Å²) in [6.45, 7) is 0. The molecule has 5 rings (SSSR count). The van der Waals surface area contributed by atoms with Gasteiger partial charge < -0.3 is 18.9 Å². The van der Waals surface area contributed by atoms with Gasteiger partial charge in [0.1, 0.15) is 24.4 Å². The fourth-order valence-corrected chi connectivity index (χ4v) is 6.24. The van der Waals surface area contributed by atoms with E-state index in [2.05, 4.69) is 0 Å². The fourth-order valence-electron chi connectivity index (χ4n) is 6.24. The number of hydrogen-bond donors (Lipinski definition) is 0. The lowest BCUT2D eigenvalue weighted by Crippen LogP contribution is -2.28. The largest absolute Gasteiger partial charge is 0.459 e. The van der Waals surface area contributed by atoms with Crippen LogP contribution in [0.4, 0.5) is 0 Å². The molecule has 4 aliphatic carbocycles. The van der Waals surface area contributed by atoms with Crippen molar-refractivity contribution < 1.29 is 38.1 Å². The first-order valence-electron chi connectivity index (χ1n) is 14.5. The number of rotatable bonds is 8. The first-order valence-corrected chi connectivity index (χ1v) is 14.5. The van der Waals surface area contributed by atoms with Crippen molar-refractivity contribution in [1.29, 1.82) is 0 Å². The molecule has 0 N–H and O–H groups in total. The van der Waals surface area contributed by atoms with Crippen LogP contribution < -0.4 is 0 Å². The van der Waals surface area contributed by atoms with Gasteiger partial charge in [0, 0.05) is 0 Å². The van der Waals surface area contributed by atoms with Crippen molar-refractivity contribution in [2.75, 3.05) is 0 Å². The van der Waals surface area contributed by atoms with Crippen LogP contribution in [0.3, 0.4) is 0 Å². The first-order chi connectivity index (χ1) is 18.5. The van der Waals surface area contributed by atoms with E-state index in [1.54, 1.807) is 0 Å². The highest BCUT2D eigenvalue weighted by molar-refractivity contribution is 6.15. The summed E-state index contributed by atoms with van der Waals surface area (Å²) in [6, 6.07) is 2.78. The minimum atomic E-state index is -0.802. The van der Waals surface area contributed by atoms with Gasteiger partial charge in [-0.2, -0.15) is 0 Å². The fraction of sp³-hybridized carbons (Fsp3) is 0.667. The molecule has 206 valence electrons. The van der Waals surface area contributed by atoms with Crippen LogP contribution in [0.5, 0.6) is 0 Å². The molecular formula is C30H38O8. The standard InChI is InChI=1S/C30H38O8/c31-27(35-19-9-1-2-10-19)23-17-18-24(28(32)36-20-11-3-4-12-20)26(30(34)38-22-15-7-8-16-22)25(23)29(33)37-21-13-5-6-14-21/h17-22H,1-16H2. The Bertz CT molecular complexity index is 956. The number of carbonyl (C=O) groups excluding carboxylic acids is 4. The Morgan fingerprint density at radius 1 is 0.421 bits per heavy atom. The highest BCUT2D eigenvalue weighted by Crippen LogP contribution is 2.31. The van der Waals surface area contributed by atoms with Crippen LogP contribution >= 0.6 is 0 Å². The topological polar surface area (TPSA) is 105 Å².